The molecule has 3 heteroatoms. The van der Waals surface area contributed by atoms with Crippen LogP contribution in [0.5, 0.6) is 0 Å². The second-order valence-electron chi connectivity index (χ2n) is 4.68. The molecule has 1 aliphatic rings. The molecule has 0 bridgehead atoms. The molecule has 0 spiro atoms. The lowest BCUT2D eigenvalue weighted by atomic mass is 9.80. The van der Waals surface area contributed by atoms with E-state index in [-0.39, 0.29) is 0 Å². The van der Waals surface area contributed by atoms with Gasteiger partial charge < -0.3 is 5.32 Å². The summed E-state index contributed by atoms with van der Waals surface area (Å²) in [7, 11) is 0. The Morgan fingerprint density at radius 2 is 2.31 bits per heavy atom. The Hall–Kier alpha value is 0.140. The minimum atomic E-state index is 0.585. The van der Waals surface area contributed by atoms with E-state index in [1.807, 2.05) is 11.3 Å². The van der Waals surface area contributed by atoms with Crippen LogP contribution in [0.1, 0.15) is 49.9 Å². The standard InChI is InChI=1S/C13H20BrNS/c1-2-8-15-11(9-10-4-3-5-10)12-6-7-13(14)16-12/h6-7,10-11,15H,2-5,8-9H2,1H3. The number of rotatable bonds is 6. The summed E-state index contributed by atoms with van der Waals surface area (Å²) in [6.07, 6.45) is 6.87. The van der Waals surface area contributed by atoms with Crippen molar-refractivity contribution in [3.05, 3.63) is 20.8 Å². The van der Waals surface area contributed by atoms with Crippen molar-refractivity contribution in [3.8, 4) is 0 Å². The molecule has 1 atom stereocenters. The maximum absolute atomic E-state index is 3.69. The topological polar surface area (TPSA) is 12.0 Å². The van der Waals surface area contributed by atoms with Gasteiger partial charge in [-0.3, -0.25) is 0 Å². The SMILES string of the molecule is CCCNC(CC1CCC1)c1ccc(Br)s1. The molecule has 0 amide bonds. The van der Waals surface area contributed by atoms with Crippen molar-refractivity contribution in [3.63, 3.8) is 0 Å². The molecule has 2 rings (SSSR count). The van der Waals surface area contributed by atoms with E-state index in [9.17, 15) is 0 Å². The summed E-state index contributed by atoms with van der Waals surface area (Å²) in [4.78, 5) is 1.49. The lowest BCUT2D eigenvalue weighted by Gasteiger charge is -2.29. The fraction of sp³-hybridized carbons (Fsp3) is 0.692. The first-order valence-corrected chi connectivity index (χ1v) is 7.89. The lowest BCUT2D eigenvalue weighted by molar-refractivity contribution is 0.262. The van der Waals surface area contributed by atoms with Crippen molar-refractivity contribution >= 4 is 27.3 Å². The molecule has 0 aromatic carbocycles. The molecular weight excluding hydrogens is 282 g/mol. The summed E-state index contributed by atoms with van der Waals surface area (Å²) in [5.74, 6) is 0.968. The monoisotopic (exact) mass is 301 g/mol. The summed E-state index contributed by atoms with van der Waals surface area (Å²) in [6.45, 7) is 3.37. The molecule has 1 aliphatic carbocycles. The molecule has 1 fully saturated rings. The van der Waals surface area contributed by atoms with Crippen molar-refractivity contribution in [2.45, 2.75) is 45.1 Å². The van der Waals surface area contributed by atoms with E-state index in [1.54, 1.807) is 0 Å². The molecule has 1 nitrogen and oxygen atoms in total. The predicted octanol–water partition coefficient (Wildman–Crippen LogP) is 4.74. The van der Waals surface area contributed by atoms with Gasteiger partial charge in [-0.25, -0.2) is 0 Å². The zero-order chi connectivity index (χ0) is 11.4. The molecule has 1 heterocycles. The van der Waals surface area contributed by atoms with Crippen LogP contribution in [-0.4, -0.2) is 6.54 Å². The van der Waals surface area contributed by atoms with E-state index in [0.717, 1.165) is 12.5 Å². The van der Waals surface area contributed by atoms with Gasteiger partial charge >= 0.3 is 0 Å². The molecular formula is C13H20BrNS. The summed E-state index contributed by atoms with van der Waals surface area (Å²) in [5, 5.41) is 3.69. The minimum absolute atomic E-state index is 0.585. The van der Waals surface area contributed by atoms with E-state index in [1.165, 1.54) is 40.8 Å². The molecule has 0 radical (unpaired) electrons. The van der Waals surface area contributed by atoms with Gasteiger partial charge in [0.05, 0.1) is 3.79 Å². The van der Waals surface area contributed by atoms with Crippen molar-refractivity contribution in [1.82, 2.24) is 5.32 Å². The Balaban J connectivity index is 1.95. The predicted molar refractivity (Wildman–Crippen MR) is 75.0 cm³/mol. The van der Waals surface area contributed by atoms with Crippen LogP contribution in [0.2, 0.25) is 0 Å². The van der Waals surface area contributed by atoms with Gasteiger partial charge in [0.2, 0.25) is 0 Å². The lowest BCUT2D eigenvalue weighted by Crippen LogP contribution is -2.26. The summed E-state index contributed by atoms with van der Waals surface area (Å²) >= 11 is 5.43. The van der Waals surface area contributed by atoms with Crippen molar-refractivity contribution < 1.29 is 0 Å². The summed E-state index contributed by atoms with van der Waals surface area (Å²) in [5.41, 5.74) is 0. The largest absolute Gasteiger partial charge is 0.309 e. The highest BCUT2D eigenvalue weighted by Gasteiger charge is 2.23. The van der Waals surface area contributed by atoms with Gasteiger partial charge in [-0.1, -0.05) is 26.2 Å². The van der Waals surface area contributed by atoms with Gasteiger partial charge in [-0.2, -0.15) is 0 Å². The molecule has 1 N–H and O–H groups in total. The molecule has 0 saturated heterocycles. The highest BCUT2D eigenvalue weighted by atomic mass is 79.9. The van der Waals surface area contributed by atoms with Crippen LogP contribution < -0.4 is 5.32 Å². The Morgan fingerprint density at radius 1 is 1.50 bits per heavy atom. The number of halogens is 1. The van der Waals surface area contributed by atoms with Crippen molar-refractivity contribution in [1.29, 1.82) is 0 Å². The fourth-order valence-corrected chi connectivity index (χ4v) is 3.71. The number of nitrogens with one attached hydrogen (secondary N) is 1. The zero-order valence-corrected chi connectivity index (χ0v) is 12.2. The van der Waals surface area contributed by atoms with Crippen molar-refractivity contribution in [2.75, 3.05) is 6.54 Å². The maximum atomic E-state index is 3.69. The second-order valence-corrected chi connectivity index (χ2v) is 7.18. The summed E-state index contributed by atoms with van der Waals surface area (Å²) < 4.78 is 1.25. The van der Waals surface area contributed by atoms with Gasteiger partial charge in [0.1, 0.15) is 0 Å². The first-order valence-electron chi connectivity index (χ1n) is 6.28. The Kier molecular flexibility index (Phi) is 4.86. The van der Waals surface area contributed by atoms with Gasteiger partial charge in [0, 0.05) is 10.9 Å². The second kappa shape index (κ2) is 6.18. The van der Waals surface area contributed by atoms with E-state index in [4.69, 9.17) is 0 Å². The molecule has 16 heavy (non-hydrogen) atoms. The van der Waals surface area contributed by atoms with Gasteiger partial charge in [0.15, 0.2) is 0 Å². The Labute approximate surface area is 111 Å². The van der Waals surface area contributed by atoms with Crippen LogP contribution in [0.25, 0.3) is 0 Å². The third-order valence-corrected chi connectivity index (χ3v) is 5.11. The van der Waals surface area contributed by atoms with E-state index in [2.05, 4.69) is 40.3 Å². The van der Waals surface area contributed by atoms with Crippen LogP contribution in [0.4, 0.5) is 0 Å². The summed E-state index contributed by atoms with van der Waals surface area (Å²) in [6, 6.07) is 5.02. The normalized spacial score (nSPS) is 18.4. The Bertz CT molecular complexity index is 319. The average Bonchev–Trinajstić information content (AvgIpc) is 2.62. The van der Waals surface area contributed by atoms with Crippen LogP contribution in [0, 0.1) is 5.92 Å². The number of thiophene rings is 1. The quantitative estimate of drug-likeness (QED) is 0.800. The highest BCUT2D eigenvalue weighted by Crippen LogP contribution is 2.37. The first-order chi connectivity index (χ1) is 7.79. The molecule has 0 aliphatic heterocycles. The van der Waals surface area contributed by atoms with Crippen LogP contribution in [0.3, 0.4) is 0 Å². The smallest absolute Gasteiger partial charge is 0.0701 e. The number of hydrogen-bond acceptors (Lipinski definition) is 2. The third kappa shape index (κ3) is 3.31. The average molecular weight is 302 g/mol. The van der Waals surface area contributed by atoms with E-state index >= 15 is 0 Å². The first kappa shape index (κ1) is 12.6. The molecule has 1 aromatic rings. The van der Waals surface area contributed by atoms with Crippen LogP contribution in [0.15, 0.2) is 15.9 Å². The number of hydrogen-bond donors (Lipinski definition) is 1. The maximum Gasteiger partial charge on any atom is 0.0701 e. The van der Waals surface area contributed by atoms with Crippen LogP contribution >= 0.6 is 27.3 Å². The zero-order valence-electron chi connectivity index (χ0n) is 9.84. The van der Waals surface area contributed by atoms with Gasteiger partial charge in [0.25, 0.3) is 0 Å². The van der Waals surface area contributed by atoms with Gasteiger partial charge in [-0.05, 0) is 53.4 Å². The highest BCUT2D eigenvalue weighted by molar-refractivity contribution is 9.11. The molecule has 1 unspecified atom stereocenters. The van der Waals surface area contributed by atoms with E-state index < -0.39 is 0 Å². The van der Waals surface area contributed by atoms with Gasteiger partial charge in [-0.15, -0.1) is 11.3 Å². The minimum Gasteiger partial charge on any atom is -0.309 e. The molecule has 1 saturated carbocycles. The Morgan fingerprint density at radius 3 is 2.81 bits per heavy atom. The molecule has 90 valence electrons. The van der Waals surface area contributed by atoms with Crippen molar-refractivity contribution in [2.24, 2.45) is 5.92 Å². The fourth-order valence-electron chi connectivity index (χ4n) is 2.20. The molecule has 1 aromatic heterocycles. The third-order valence-electron chi connectivity index (χ3n) is 3.37. The van der Waals surface area contributed by atoms with Crippen LogP contribution in [-0.2, 0) is 0 Å². The van der Waals surface area contributed by atoms with E-state index in [0.29, 0.717) is 6.04 Å².